The molecule has 0 bridgehead atoms. The second kappa shape index (κ2) is 7.00. The fourth-order valence-electron chi connectivity index (χ4n) is 2.14. The predicted molar refractivity (Wildman–Crippen MR) is 83.5 cm³/mol. The lowest BCUT2D eigenvalue weighted by Gasteiger charge is -2.09. The molecular weight excluding hydrogens is 322 g/mol. The van der Waals surface area contributed by atoms with E-state index in [0.717, 1.165) is 30.3 Å². The topological polar surface area (TPSA) is 35.5 Å². The Morgan fingerprint density at radius 2 is 1.78 bits per heavy atom. The Bertz CT molecular complexity index is 734. The Labute approximate surface area is 136 Å². The maximum absolute atomic E-state index is 13.1. The first-order chi connectivity index (χ1) is 11.1. The first-order valence-corrected chi connectivity index (χ1v) is 8.13. The summed E-state index contributed by atoms with van der Waals surface area (Å²) in [7, 11) is 0. The van der Waals surface area contributed by atoms with Crippen LogP contribution in [0.15, 0.2) is 41.3 Å². The SMILES string of the molecule is O=C(CSc1ccc(F)c(F)c1)c1ccc2c(c1)OCCCO2. The summed E-state index contributed by atoms with van der Waals surface area (Å²) in [6.45, 7) is 1.14. The molecule has 0 radical (unpaired) electrons. The molecule has 2 aromatic carbocycles. The van der Waals surface area contributed by atoms with Gasteiger partial charge in [0, 0.05) is 16.9 Å². The van der Waals surface area contributed by atoms with Gasteiger partial charge in [0.1, 0.15) is 0 Å². The zero-order valence-electron chi connectivity index (χ0n) is 12.2. The van der Waals surface area contributed by atoms with Gasteiger partial charge < -0.3 is 9.47 Å². The van der Waals surface area contributed by atoms with Crippen molar-refractivity contribution in [1.82, 2.24) is 0 Å². The number of hydrogen-bond acceptors (Lipinski definition) is 4. The van der Waals surface area contributed by atoms with E-state index >= 15 is 0 Å². The van der Waals surface area contributed by atoms with E-state index < -0.39 is 11.6 Å². The van der Waals surface area contributed by atoms with E-state index in [1.807, 2.05) is 0 Å². The smallest absolute Gasteiger partial charge is 0.173 e. The second-order valence-electron chi connectivity index (χ2n) is 5.00. The minimum Gasteiger partial charge on any atom is -0.490 e. The quantitative estimate of drug-likeness (QED) is 0.622. The number of ketones is 1. The molecule has 120 valence electrons. The number of rotatable bonds is 4. The molecular formula is C17H14F2O3S. The van der Waals surface area contributed by atoms with Gasteiger partial charge in [-0.2, -0.15) is 0 Å². The summed E-state index contributed by atoms with van der Waals surface area (Å²) in [6.07, 6.45) is 0.796. The van der Waals surface area contributed by atoms with E-state index in [4.69, 9.17) is 9.47 Å². The van der Waals surface area contributed by atoms with Crippen LogP contribution < -0.4 is 9.47 Å². The van der Waals surface area contributed by atoms with Gasteiger partial charge >= 0.3 is 0 Å². The average Bonchev–Trinajstić information content (AvgIpc) is 2.80. The number of benzene rings is 2. The fourth-order valence-corrected chi connectivity index (χ4v) is 2.95. The number of ether oxygens (including phenoxy) is 2. The van der Waals surface area contributed by atoms with Crippen LogP contribution in [0, 0.1) is 11.6 Å². The van der Waals surface area contributed by atoms with E-state index in [-0.39, 0.29) is 11.5 Å². The predicted octanol–water partition coefficient (Wildman–Crippen LogP) is 4.10. The van der Waals surface area contributed by atoms with Gasteiger partial charge in [-0.3, -0.25) is 4.79 Å². The van der Waals surface area contributed by atoms with Crippen LogP contribution in [0.3, 0.4) is 0 Å². The molecule has 1 aliphatic heterocycles. The summed E-state index contributed by atoms with van der Waals surface area (Å²) < 4.78 is 37.1. The van der Waals surface area contributed by atoms with E-state index in [0.29, 0.717) is 35.2 Å². The summed E-state index contributed by atoms with van der Waals surface area (Å²) in [6, 6.07) is 8.65. The molecule has 1 aliphatic rings. The lowest BCUT2D eigenvalue weighted by atomic mass is 10.1. The monoisotopic (exact) mass is 336 g/mol. The van der Waals surface area contributed by atoms with Crippen molar-refractivity contribution >= 4 is 17.5 Å². The third kappa shape index (κ3) is 3.82. The van der Waals surface area contributed by atoms with Crippen molar-refractivity contribution in [2.24, 2.45) is 0 Å². The van der Waals surface area contributed by atoms with Crippen LogP contribution >= 0.6 is 11.8 Å². The Morgan fingerprint density at radius 3 is 2.57 bits per heavy atom. The van der Waals surface area contributed by atoms with Crippen molar-refractivity contribution in [3.05, 3.63) is 53.6 Å². The van der Waals surface area contributed by atoms with Crippen molar-refractivity contribution in [1.29, 1.82) is 0 Å². The number of Topliss-reactive ketones (excluding diaryl/α,β-unsaturated/α-hetero) is 1. The zero-order valence-corrected chi connectivity index (χ0v) is 13.0. The molecule has 0 amide bonds. The molecule has 0 saturated heterocycles. The highest BCUT2D eigenvalue weighted by atomic mass is 32.2. The van der Waals surface area contributed by atoms with Crippen LogP contribution in [0.4, 0.5) is 8.78 Å². The van der Waals surface area contributed by atoms with Gasteiger partial charge in [-0.25, -0.2) is 8.78 Å². The lowest BCUT2D eigenvalue weighted by molar-refractivity contribution is 0.102. The summed E-state index contributed by atoms with van der Waals surface area (Å²) in [5.74, 6) is -0.611. The molecule has 6 heteroatoms. The largest absolute Gasteiger partial charge is 0.490 e. The van der Waals surface area contributed by atoms with E-state index in [1.165, 1.54) is 6.07 Å². The van der Waals surface area contributed by atoms with Gasteiger partial charge in [0.2, 0.25) is 0 Å². The van der Waals surface area contributed by atoms with Gasteiger partial charge in [0.15, 0.2) is 28.9 Å². The molecule has 3 nitrogen and oxygen atoms in total. The molecule has 0 unspecified atom stereocenters. The summed E-state index contributed by atoms with van der Waals surface area (Å²) >= 11 is 1.16. The lowest BCUT2D eigenvalue weighted by Crippen LogP contribution is -2.03. The average molecular weight is 336 g/mol. The van der Waals surface area contributed by atoms with Crippen molar-refractivity contribution in [2.45, 2.75) is 11.3 Å². The summed E-state index contributed by atoms with van der Waals surface area (Å²) in [4.78, 5) is 12.8. The minimum atomic E-state index is -0.918. The van der Waals surface area contributed by atoms with Gasteiger partial charge in [-0.05, 0) is 36.4 Å². The van der Waals surface area contributed by atoms with Crippen LogP contribution in [0.2, 0.25) is 0 Å². The Balaban J connectivity index is 1.68. The fraction of sp³-hybridized carbons (Fsp3) is 0.235. The number of hydrogen-bond donors (Lipinski definition) is 0. The Hall–Kier alpha value is -2.08. The van der Waals surface area contributed by atoms with E-state index in [1.54, 1.807) is 18.2 Å². The molecule has 23 heavy (non-hydrogen) atoms. The molecule has 0 atom stereocenters. The minimum absolute atomic E-state index is 0.115. The van der Waals surface area contributed by atoms with Crippen LogP contribution in [0.1, 0.15) is 16.8 Å². The summed E-state index contributed by atoms with van der Waals surface area (Å²) in [5.41, 5.74) is 0.504. The van der Waals surface area contributed by atoms with Crippen molar-refractivity contribution in [2.75, 3.05) is 19.0 Å². The van der Waals surface area contributed by atoms with Crippen LogP contribution in [0.5, 0.6) is 11.5 Å². The first-order valence-electron chi connectivity index (χ1n) is 7.14. The zero-order chi connectivity index (χ0) is 16.2. The maximum atomic E-state index is 13.1. The second-order valence-corrected chi connectivity index (χ2v) is 6.05. The van der Waals surface area contributed by atoms with E-state index in [2.05, 4.69) is 0 Å². The highest BCUT2D eigenvalue weighted by Crippen LogP contribution is 2.31. The molecule has 0 aliphatic carbocycles. The van der Waals surface area contributed by atoms with E-state index in [9.17, 15) is 13.6 Å². The molecule has 0 fully saturated rings. The highest BCUT2D eigenvalue weighted by molar-refractivity contribution is 8.00. The highest BCUT2D eigenvalue weighted by Gasteiger charge is 2.14. The molecule has 3 rings (SSSR count). The number of halogens is 2. The van der Waals surface area contributed by atoms with Gasteiger partial charge in [-0.1, -0.05) is 0 Å². The Morgan fingerprint density at radius 1 is 1.00 bits per heavy atom. The van der Waals surface area contributed by atoms with Crippen molar-refractivity contribution < 1.29 is 23.0 Å². The standard InChI is InChI=1S/C17H14F2O3S/c18-13-4-3-12(9-14(13)19)23-10-15(20)11-2-5-16-17(8-11)22-7-1-6-21-16/h2-5,8-9H,1,6-7,10H2. The molecule has 0 spiro atoms. The summed E-state index contributed by atoms with van der Waals surface area (Å²) in [5, 5.41) is 0. The molecule has 0 saturated carbocycles. The number of carbonyl (C=O) groups is 1. The molecule has 2 aromatic rings. The van der Waals surface area contributed by atoms with Crippen LogP contribution in [-0.2, 0) is 0 Å². The van der Waals surface area contributed by atoms with Crippen LogP contribution in [-0.4, -0.2) is 24.7 Å². The van der Waals surface area contributed by atoms with Crippen molar-refractivity contribution in [3.8, 4) is 11.5 Å². The Kier molecular flexibility index (Phi) is 4.81. The van der Waals surface area contributed by atoms with Crippen LogP contribution in [0.25, 0.3) is 0 Å². The van der Waals surface area contributed by atoms with Crippen molar-refractivity contribution in [3.63, 3.8) is 0 Å². The van der Waals surface area contributed by atoms with Gasteiger partial charge in [0.25, 0.3) is 0 Å². The van der Waals surface area contributed by atoms with Gasteiger partial charge in [-0.15, -0.1) is 11.8 Å². The third-order valence-corrected chi connectivity index (χ3v) is 4.32. The number of thioether (sulfide) groups is 1. The number of fused-ring (bicyclic) bond motifs is 1. The molecule has 0 N–H and O–H groups in total. The normalized spacial score (nSPS) is 13.5. The molecule has 1 heterocycles. The molecule has 0 aromatic heterocycles. The number of carbonyl (C=O) groups excluding carboxylic acids is 1. The first kappa shape index (κ1) is 15.8. The van der Waals surface area contributed by atoms with Gasteiger partial charge in [0.05, 0.1) is 19.0 Å². The third-order valence-electron chi connectivity index (χ3n) is 3.33. The maximum Gasteiger partial charge on any atom is 0.173 e.